The number of carbonyl (C=O) groups is 1. The maximum atomic E-state index is 12.6. The highest BCUT2D eigenvalue weighted by molar-refractivity contribution is 6.31. The topological polar surface area (TPSA) is 72.7 Å². The van der Waals surface area contributed by atoms with E-state index in [-0.39, 0.29) is 11.8 Å². The molecule has 0 aromatic carbocycles. The number of hydrogen-bond donors (Lipinski definition) is 1. The van der Waals surface area contributed by atoms with E-state index in [4.69, 9.17) is 11.6 Å². The molecule has 3 rings (SSSR count). The van der Waals surface area contributed by atoms with Gasteiger partial charge in [0.15, 0.2) is 5.65 Å². The number of halogens is 1. The average Bonchev–Trinajstić information content (AvgIpc) is 2.79. The van der Waals surface area contributed by atoms with Crippen LogP contribution in [0.4, 0.5) is 5.82 Å². The summed E-state index contributed by atoms with van der Waals surface area (Å²) in [4.78, 5) is 21.1. The van der Waals surface area contributed by atoms with Gasteiger partial charge in [-0.3, -0.25) is 9.48 Å². The maximum absolute atomic E-state index is 12.6. The van der Waals surface area contributed by atoms with Crippen molar-refractivity contribution in [1.82, 2.24) is 19.7 Å². The fourth-order valence-corrected chi connectivity index (χ4v) is 3.00. The van der Waals surface area contributed by atoms with E-state index in [1.54, 1.807) is 16.8 Å². The van der Waals surface area contributed by atoms with Crippen LogP contribution in [0.1, 0.15) is 29.8 Å². The third kappa shape index (κ3) is 2.97. The van der Waals surface area contributed by atoms with E-state index in [0.717, 1.165) is 22.3 Å². The van der Waals surface area contributed by atoms with E-state index in [1.807, 2.05) is 33.9 Å². The molecule has 0 saturated carbocycles. The molecule has 0 aliphatic carbocycles. The maximum Gasteiger partial charge on any atom is 0.232 e. The van der Waals surface area contributed by atoms with Gasteiger partial charge in [0, 0.05) is 29.9 Å². The van der Waals surface area contributed by atoms with Crippen molar-refractivity contribution in [2.24, 2.45) is 7.05 Å². The molecule has 3 aromatic rings. The number of pyridine rings is 2. The Balaban J connectivity index is 1.85. The lowest BCUT2D eigenvalue weighted by molar-refractivity contribution is -0.117. The van der Waals surface area contributed by atoms with Gasteiger partial charge in [0.1, 0.15) is 5.82 Å². The minimum atomic E-state index is -0.325. The molecule has 1 amide bonds. The second-order valence-electron chi connectivity index (χ2n) is 5.82. The van der Waals surface area contributed by atoms with Crippen LogP contribution in [-0.2, 0) is 11.8 Å². The second-order valence-corrected chi connectivity index (χ2v) is 6.25. The molecule has 7 heteroatoms. The van der Waals surface area contributed by atoms with Crippen LogP contribution in [-0.4, -0.2) is 25.7 Å². The van der Waals surface area contributed by atoms with Gasteiger partial charge in [0.05, 0.1) is 16.6 Å². The first-order valence-corrected chi connectivity index (χ1v) is 7.98. The lowest BCUT2D eigenvalue weighted by Crippen LogP contribution is -2.20. The Hall–Kier alpha value is -2.47. The predicted octanol–water partition coefficient (Wildman–Crippen LogP) is 3.38. The average molecular weight is 344 g/mol. The highest BCUT2D eigenvalue weighted by atomic mass is 35.5. The van der Waals surface area contributed by atoms with Gasteiger partial charge in [0.2, 0.25) is 5.91 Å². The predicted molar refractivity (Wildman–Crippen MR) is 94.3 cm³/mol. The number of carbonyl (C=O) groups excluding carboxylic acids is 1. The molecule has 0 bridgehead atoms. The van der Waals surface area contributed by atoms with Crippen molar-refractivity contribution in [1.29, 1.82) is 0 Å². The molecule has 1 unspecified atom stereocenters. The number of nitrogens with zero attached hydrogens (tertiary/aromatic N) is 4. The molecular weight excluding hydrogens is 326 g/mol. The normalized spacial score (nSPS) is 12.4. The molecule has 1 N–H and O–H groups in total. The molecule has 1 atom stereocenters. The van der Waals surface area contributed by atoms with Crippen molar-refractivity contribution in [2.45, 2.75) is 26.7 Å². The Morgan fingerprint density at radius 3 is 2.75 bits per heavy atom. The Morgan fingerprint density at radius 1 is 1.33 bits per heavy atom. The van der Waals surface area contributed by atoms with E-state index in [1.165, 1.54) is 6.20 Å². The number of amides is 1. The monoisotopic (exact) mass is 343 g/mol. The lowest BCUT2D eigenvalue weighted by Gasteiger charge is -2.13. The number of anilines is 1. The fraction of sp³-hybridized carbons (Fsp3) is 0.294. The Morgan fingerprint density at radius 2 is 2.08 bits per heavy atom. The van der Waals surface area contributed by atoms with Crippen molar-refractivity contribution in [3.8, 4) is 0 Å². The van der Waals surface area contributed by atoms with Gasteiger partial charge in [-0.2, -0.15) is 5.10 Å². The number of nitrogens with one attached hydrogen (secondary N) is 1. The molecule has 0 aliphatic heterocycles. The molecule has 3 heterocycles. The summed E-state index contributed by atoms with van der Waals surface area (Å²) in [6.45, 7) is 5.74. The van der Waals surface area contributed by atoms with E-state index in [2.05, 4.69) is 20.4 Å². The highest BCUT2D eigenvalue weighted by Gasteiger charge is 2.23. The van der Waals surface area contributed by atoms with Gasteiger partial charge < -0.3 is 5.32 Å². The number of aryl methyl sites for hydroxylation is 2. The van der Waals surface area contributed by atoms with Gasteiger partial charge in [-0.15, -0.1) is 0 Å². The zero-order chi connectivity index (χ0) is 17.4. The summed E-state index contributed by atoms with van der Waals surface area (Å²) >= 11 is 5.92. The third-order valence-electron chi connectivity index (χ3n) is 4.15. The fourth-order valence-electron chi connectivity index (χ4n) is 2.84. The van der Waals surface area contributed by atoms with Crippen LogP contribution in [0.3, 0.4) is 0 Å². The van der Waals surface area contributed by atoms with E-state index in [9.17, 15) is 4.79 Å². The standard InChI is InChI=1S/C17H18ClN5O/c1-9(15-10(2)22-23(4)11(15)3)17(24)21-14-6-5-12-7-13(18)8-19-16(12)20-14/h5-9H,1-4H3,(H,19,20,21,24). The minimum absolute atomic E-state index is 0.130. The summed E-state index contributed by atoms with van der Waals surface area (Å²) in [7, 11) is 1.87. The molecule has 0 spiro atoms. The summed E-state index contributed by atoms with van der Waals surface area (Å²) in [5, 5.41) is 8.60. The Kier molecular flexibility index (Phi) is 4.24. The molecule has 0 saturated heterocycles. The van der Waals surface area contributed by atoms with Crippen LogP contribution >= 0.6 is 11.6 Å². The van der Waals surface area contributed by atoms with Crippen LogP contribution in [0.5, 0.6) is 0 Å². The smallest absolute Gasteiger partial charge is 0.232 e. The van der Waals surface area contributed by atoms with E-state index in [0.29, 0.717) is 16.5 Å². The minimum Gasteiger partial charge on any atom is -0.310 e. The lowest BCUT2D eigenvalue weighted by atomic mass is 9.98. The molecule has 6 nitrogen and oxygen atoms in total. The van der Waals surface area contributed by atoms with E-state index < -0.39 is 0 Å². The van der Waals surface area contributed by atoms with Crippen LogP contribution in [0.2, 0.25) is 5.02 Å². The molecule has 124 valence electrons. The first-order chi connectivity index (χ1) is 11.4. The Bertz CT molecular complexity index is 934. The van der Waals surface area contributed by atoms with Gasteiger partial charge in [-0.05, 0) is 39.0 Å². The first-order valence-electron chi connectivity index (χ1n) is 7.60. The number of aromatic nitrogens is 4. The largest absolute Gasteiger partial charge is 0.310 e. The summed E-state index contributed by atoms with van der Waals surface area (Å²) < 4.78 is 1.79. The molecular formula is C17H18ClN5O. The van der Waals surface area contributed by atoms with Crippen molar-refractivity contribution >= 4 is 34.4 Å². The highest BCUT2D eigenvalue weighted by Crippen LogP contribution is 2.24. The van der Waals surface area contributed by atoms with Crippen LogP contribution in [0.15, 0.2) is 24.4 Å². The van der Waals surface area contributed by atoms with Crippen molar-refractivity contribution in [3.63, 3.8) is 0 Å². The van der Waals surface area contributed by atoms with Crippen molar-refractivity contribution in [2.75, 3.05) is 5.32 Å². The summed E-state index contributed by atoms with van der Waals surface area (Å²) in [5.41, 5.74) is 3.33. The van der Waals surface area contributed by atoms with Gasteiger partial charge in [-0.1, -0.05) is 11.6 Å². The van der Waals surface area contributed by atoms with Crippen molar-refractivity contribution in [3.05, 3.63) is 46.4 Å². The zero-order valence-electron chi connectivity index (χ0n) is 14.0. The number of fused-ring (bicyclic) bond motifs is 1. The molecule has 24 heavy (non-hydrogen) atoms. The van der Waals surface area contributed by atoms with Gasteiger partial charge in [-0.25, -0.2) is 9.97 Å². The van der Waals surface area contributed by atoms with Crippen LogP contribution < -0.4 is 5.32 Å². The zero-order valence-corrected chi connectivity index (χ0v) is 14.7. The first kappa shape index (κ1) is 16.4. The summed E-state index contributed by atoms with van der Waals surface area (Å²) in [6.07, 6.45) is 1.54. The quantitative estimate of drug-likeness (QED) is 0.791. The summed E-state index contributed by atoms with van der Waals surface area (Å²) in [6, 6.07) is 5.36. The third-order valence-corrected chi connectivity index (χ3v) is 4.36. The molecule has 0 aliphatic rings. The molecule has 0 fully saturated rings. The summed E-state index contributed by atoms with van der Waals surface area (Å²) in [5.74, 6) is 0.0118. The van der Waals surface area contributed by atoms with Crippen LogP contribution in [0.25, 0.3) is 11.0 Å². The number of hydrogen-bond acceptors (Lipinski definition) is 4. The van der Waals surface area contributed by atoms with Gasteiger partial charge >= 0.3 is 0 Å². The molecule has 3 aromatic heterocycles. The van der Waals surface area contributed by atoms with E-state index >= 15 is 0 Å². The van der Waals surface area contributed by atoms with Crippen LogP contribution in [0, 0.1) is 13.8 Å². The number of rotatable bonds is 3. The Labute approximate surface area is 144 Å². The second kappa shape index (κ2) is 6.20. The molecule has 0 radical (unpaired) electrons. The SMILES string of the molecule is Cc1nn(C)c(C)c1C(C)C(=O)Nc1ccc2cc(Cl)cnc2n1. The van der Waals surface area contributed by atoms with Crippen molar-refractivity contribution < 1.29 is 4.79 Å². The van der Waals surface area contributed by atoms with Gasteiger partial charge in [0.25, 0.3) is 0 Å².